The Labute approximate surface area is 158 Å². The first-order chi connectivity index (χ1) is 13.1. The van der Waals surface area contributed by atoms with Crippen LogP contribution < -0.4 is 20.3 Å². The smallest absolute Gasteiger partial charge is 0.387 e. The minimum Gasteiger partial charge on any atom is -0.435 e. The summed E-state index contributed by atoms with van der Waals surface area (Å²) in [6, 6.07) is 17.3. The van der Waals surface area contributed by atoms with E-state index in [1.54, 1.807) is 19.2 Å². The van der Waals surface area contributed by atoms with Crippen molar-refractivity contribution < 1.29 is 13.5 Å². The van der Waals surface area contributed by atoms with Gasteiger partial charge in [-0.05, 0) is 36.2 Å². The fourth-order valence-electron chi connectivity index (χ4n) is 3.16. The molecule has 1 atom stereocenters. The zero-order valence-corrected chi connectivity index (χ0v) is 15.2. The molecule has 0 radical (unpaired) electrons. The van der Waals surface area contributed by atoms with Crippen molar-refractivity contribution in [3.8, 4) is 5.75 Å². The molecule has 0 bridgehead atoms. The molecule has 1 fully saturated rings. The first-order valence-corrected chi connectivity index (χ1v) is 8.95. The predicted molar refractivity (Wildman–Crippen MR) is 103 cm³/mol. The average Bonchev–Trinajstić information content (AvgIpc) is 3.14. The first kappa shape index (κ1) is 18.9. The fourth-order valence-corrected chi connectivity index (χ4v) is 3.16. The molecule has 2 aromatic carbocycles. The average molecular weight is 374 g/mol. The standard InChI is InChI=1S/C20H24F2N4O/c1-23-20(24-13-15-6-5-9-18(12-15)27-19(21)22)25-16-10-11-26(14-16)17-7-3-2-4-8-17/h2-9,12,16,19H,10-11,13-14H2,1H3,(H2,23,24,25). The number of hydrogen-bond donors (Lipinski definition) is 2. The molecule has 0 spiro atoms. The largest absolute Gasteiger partial charge is 0.435 e. The van der Waals surface area contributed by atoms with E-state index in [-0.39, 0.29) is 5.75 Å². The van der Waals surface area contributed by atoms with E-state index in [4.69, 9.17) is 0 Å². The van der Waals surface area contributed by atoms with Gasteiger partial charge in [-0.3, -0.25) is 4.99 Å². The highest BCUT2D eigenvalue weighted by Gasteiger charge is 2.23. The molecule has 3 rings (SSSR count). The molecule has 5 nitrogen and oxygen atoms in total. The number of nitrogens with one attached hydrogen (secondary N) is 2. The van der Waals surface area contributed by atoms with Gasteiger partial charge in [0.05, 0.1) is 0 Å². The number of hydrogen-bond acceptors (Lipinski definition) is 3. The number of benzene rings is 2. The van der Waals surface area contributed by atoms with Crippen LogP contribution in [0.15, 0.2) is 59.6 Å². The minimum atomic E-state index is -2.82. The molecular formula is C20H24F2N4O. The highest BCUT2D eigenvalue weighted by Crippen LogP contribution is 2.19. The lowest BCUT2D eigenvalue weighted by Crippen LogP contribution is -2.44. The van der Waals surface area contributed by atoms with Crippen LogP contribution in [0.1, 0.15) is 12.0 Å². The monoisotopic (exact) mass is 374 g/mol. The van der Waals surface area contributed by atoms with Crippen LogP contribution in [0.3, 0.4) is 0 Å². The van der Waals surface area contributed by atoms with Crippen LogP contribution in [-0.2, 0) is 6.54 Å². The molecule has 1 heterocycles. The number of alkyl halides is 2. The molecular weight excluding hydrogens is 350 g/mol. The van der Waals surface area contributed by atoms with Crippen molar-refractivity contribution in [1.82, 2.24) is 10.6 Å². The molecule has 0 amide bonds. The molecule has 1 saturated heterocycles. The molecule has 1 aliphatic rings. The third-order valence-electron chi connectivity index (χ3n) is 4.46. The molecule has 2 N–H and O–H groups in total. The van der Waals surface area contributed by atoms with Gasteiger partial charge in [-0.25, -0.2) is 0 Å². The Morgan fingerprint density at radius 2 is 2.04 bits per heavy atom. The lowest BCUT2D eigenvalue weighted by molar-refractivity contribution is -0.0498. The quantitative estimate of drug-likeness (QED) is 0.602. The maximum Gasteiger partial charge on any atom is 0.387 e. The van der Waals surface area contributed by atoms with Gasteiger partial charge >= 0.3 is 6.61 Å². The van der Waals surface area contributed by atoms with Crippen LogP contribution in [0.2, 0.25) is 0 Å². The van der Waals surface area contributed by atoms with Crippen molar-refractivity contribution in [2.75, 3.05) is 25.0 Å². The van der Waals surface area contributed by atoms with Gasteiger partial charge < -0.3 is 20.3 Å². The molecule has 144 valence electrons. The summed E-state index contributed by atoms with van der Waals surface area (Å²) in [6.45, 7) is -0.457. The topological polar surface area (TPSA) is 48.9 Å². The summed E-state index contributed by atoms with van der Waals surface area (Å²) >= 11 is 0. The Bertz CT molecular complexity index is 755. The lowest BCUT2D eigenvalue weighted by atomic mass is 10.2. The summed E-state index contributed by atoms with van der Waals surface area (Å²) in [6.07, 6.45) is 1.02. The Balaban J connectivity index is 1.50. The Morgan fingerprint density at radius 1 is 1.22 bits per heavy atom. The SMILES string of the molecule is CN=C(NCc1cccc(OC(F)F)c1)NC1CCN(c2ccccc2)C1. The van der Waals surface area contributed by atoms with E-state index in [0.29, 0.717) is 18.5 Å². The van der Waals surface area contributed by atoms with Crippen molar-refractivity contribution in [1.29, 1.82) is 0 Å². The molecule has 1 aliphatic heterocycles. The highest BCUT2D eigenvalue weighted by atomic mass is 19.3. The van der Waals surface area contributed by atoms with Gasteiger partial charge in [0.1, 0.15) is 5.75 Å². The normalized spacial score (nSPS) is 17.3. The molecule has 7 heteroatoms. The van der Waals surface area contributed by atoms with Crippen molar-refractivity contribution in [2.24, 2.45) is 4.99 Å². The molecule has 1 unspecified atom stereocenters. The second-order valence-electron chi connectivity index (χ2n) is 6.36. The van der Waals surface area contributed by atoms with Gasteiger partial charge in [0, 0.05) is 38.4 Å². The molecule has 0 aromatic heterocycles. The summed E-state index contributed by atoms with van der Waals surface area (Å²) < 4.78 is 29.1. The van der Waals surface area contributed by atoms with E-state index < -0.39 is 6.61 Å². The number of anilines is 1. The lowest BCUT2D eigenvalue weighted by Gasteiger charge is -2.20. The van der Waals surface area contributed by atoms with Crippen LogP contribution in [-0.4, -0.2) is 38.8 Å². The first-order valence-electron chi connectivity index (χ1n) is 8.95. The minimum absolute atomic E-state index is 0.154. The Hall–Kier alpha value is -2.83. The van der Waals surface area contributed by atoms with E-state index in [1.165, 1.54) is 11.8 Å². The summed E-state index contributed by atoms with van der Waals surface area (Å²) in [5, 5.41) is 6.65. The zero-order chi connectivity index (χ0) is 19.1. The number of guanidine groups is 1. The summed E-state index contributed by atoms with van der Waals surface area (Å²) in [4.78, 5) is 6.60. The second-order valence-corrected chi connectivity index (χ2v) is 6.36. The van der Waals surface area contributed by atoms with Crippen LogP contribution in [0.5, 0.6) is 5.75 Å². The van der Waals surface area contributed by atoms with E-state index >= 15 is 0 Å². The molecule has 2 aromatic rings. The predicted octanol–water partition coefficient (Wildman–Crippen LogP) is 3.23. The van der Waals surface area contributed by atoms with E-state index in [0.717, 1.165) is 25.1 Å². The third kappa shape index (κ3) is 5.57. The van der Waals surface area contributed by atoms with Gasteiger partial charge in [-0.1, -0.05) is 30.3 Å². The molecule has 0 saturated carbocycles. The number of halogens is 2. The van der Waals surface area contributed by atoms with Crippen LogP contribution in [0.4, 0.5) is 14.5 Å². The van der Waals surface area contributed by atoms with Gasteiger partial charge in [0.25, 0.3) is 0 Å². The maximum absolute atomic E-state index is 12.3. The second kappa shape index (κ2) is 9.21. The zero-order valence-electron chi connectivity index (χ0n) is 15.2. The highest BCUT2D eigenvalue weighted by molar-refractivity contribution is 5.80. The number of para-hydroxylation sites is 1. The van der Waals surface area contributed by atoms with E-state index in [9.17, 15) is 8.78 Å². The Kier molecular flexibility index (Phi) is 6.46. The van der Waals surface area contributed by atoms with E-state index in [2.05, 4.69) is 37.4 Å². The summed E-state index contributed by atoms with van der Waals surface area (Å²) in [7, 11) is 1.72. The van der Waals surface area contributed by atoms with Gasteiger partial charge in [-0.2, -0.15) is 8.78 Å². The van der Waals surface area contributed by atoms with Crippen molar-refractivity contribution in [3.05, 3.63) is 60.2 Å². The van der Waals surface area contributed by atoms with Crippen LogP contribution >= 0.6 is 0 Å². The van der Waals surface area contributed by atoms with Gasteiger partial charge in [-0.15, -0.1) is 0 Å². The van der Waals surface area contributed by atoms with Crippen LogP contribution in [0, 0.1) is 0 Å². The molecule has 0 aliphatic carbocycles. The van der Waals surface area contributed by atoms with Gasteiger partial charge in [0.2, 0.25) is 0 Å². The molecule has 27 heavy (non-hydrogen) atoms. The number of rotatable bonds is 6. The van der Waals surface area contributed by atoms with Crippen molar-refractivity contribution in [3.63, 3.8) is 0 Å². The number of aliphatic imine (C=N–C) groups is 1. The maximum atomic E-state index is 12.3. The van der Waals surface area contributed by atoms with Crippen molar-refractivity contribution in [2.45, 2.75) is 25.6 Å². The third-order valence-corrected chi connectivity index (χ3v) is 4.46. The van der Waals surface area contributed by atoms with Crippen LogP contribution in [0.25, 0.3) is 0 Å². The fraction of sp³-hybridized carbons (Fsp3) is 0.350. The number of ether oxygens (including phenoxy) is 1. The van der Waals surface area contributed by atoms with Gasteiger partial charge in [0.15, 0.2) is 5.96 Å². The van der Waals surface area contributed by atoms with Crippen molar-refractivity contribution >= 4 is 11.6 Å². The Morgan fingerprint density at radius 3 is 2.78 bits per heavy atom. The summed E-state index contributed by atoms with van der Waals surface area (Å²) in [5.74, 6) is 0.844. The number of nitrogens with zero attached hydrogens (tertiary/aromatic N) is 2. The summed E-state index contributed by atoms with van der Waals surface area (Å²) in [5.41, 5.74) is 2.06. The van der Waals surface area contributed by atoms with E-state index in [1.807, 2.05) is 24.3 Å².